The number of amides is 1. The highest BCUT2D eigenvalue weighted by atomic mass is 35.5. The topological polar surface area (TPSA) is 90.9 Å². The number of Topliss-reactive ketones (excluding diaryl/α,β-unsaturated/α-hetero) is 1. The van der Waals surface area contributed by atoms with Gasteiger partial charge in [-0.3, -0.25) is 4.79 Å². The van der Waals surface area contributed by atoms with E-state index in [1.807, 2.05) is 0 Å². The van der Waals surface area contributed by atoms with Gasteiger partial charge in [0.25, 0.3) is 0 Å². The van der Waals surface area contributed by atoms with Crippen molar-refractivity contribution in [2.75, 3.05) is 13.2 Å². The van der Waals surface area contributed by atoms with Gasteiger partial charge in [-0.15, -0.1) is 0 Å². The fourth-order valence-electron chi connectivity index (χ4n) is 1.64. The number of carbonyl (C=O) groups is 3. The quantitative estimate of drug-likeness (QED) is 0.484. The maximum Gasteiger partial charge on any atom is 0.513 e. The molecule has 0 aliphatic carbocycles. The maximum atomic E-state index is 12.2. The van der Waals surface area contributed by atoms with Crippen molar-refractivity contribution in [1.29, 1.82) is 0 Å². The van der Waals surface area contributed by atoms with Crippen LogP contribution in [0.3, 0.4) is 0 Å². The van der Waals surface area contributed by atoms with E-state index in [4.69, 9.17) is 21.1 Å². The van der Waals surface area contributed by atoms with Crippen molar-refractivity contribution in [3.8, 4) is 5.75 Å². The summed E-state index contributed by atoms with van der Waals surface area (Å²) in [5.74, 6) is -0.282. The van der Waals surface area contributed by atoms with Crippen LogP contribution in [0.5, 0.6) is 5.75 Å². The normalized spacial score (nSPS) is 11.3. The van der Waals surface area contributed by atoms with Crippen molar-refractivity contribution in [2.24, 2.45) is 0 Å². The number of ether oxygens (including phenoxy) is 3. The number of hydrogen-bond acceptors (Lipinski definition) is 6. The van der Waals surface area contributed by atoms with Crippen LogP contribution in [-0.2, 0) is 9.47 Å². The molecule has 0 bridgehead atoms. The fraction of sp³-hybridized carbons (Fsp3) is 0.400. The van der Waals surface area contributed by atoms with E-state index >= 15 is 0 Å². The van der Waals surface area contributed by atoms with Crippen LogP contribution in [0.25, 0.3) is 0 Å². The van der Waals surface area contributed by atoms with E-state index in [0.29, 0.717) is 0 Å². The molecule has 0 heterocycles. The molecule has 1 aromatic rings. The lowest BCUT2D eigenvalue weighted by molar-refractivity contribution is 0.0933. The Morgan fingerprint density at radius 3 is 2.39 bits per heavy atom. The molecule has 1 aromatic carbocycles. The molecule has 0 radical (unpaired) electrons. The smallest absolute Gasteiger partial charge is 0.450 e. The van der Waals surface area contributed by atoms with Crippen LogP contribution in [0.1, 0.15) is 31.1 Å². The van der Waals surface area contributed by atoms with Gasteiger partial charge in [0, 0.05) is 5.56 Å². The third-order valence-electron chi connectivity index (χ3n) is 2.67. The SMILES string of the molecule is CCOC(=O)NC(C)C(=O)c1ccc(OC(=O)OCC)c(Cl)c1. The number of rotatable bonds is 6. The highest BCUT2D eigenvalue weighted by molar-refractivity contribution is 6.32. The zero-order chi connectivity index (χ0) is 17.4. The predicted octanol–water partition coefficient (Wildman–Crippen LogP) is 3.19. The number of alkyl carbamates (subject to hydrolysis) is 1. The molecular weight excluding hydrogens is 326 g/mol. The fourth-order valence-corrected chi connectivity index (χ4v) is 1.86. The van der Waals surface area contributed by atoms with Crippen LogP contribution in [0.4, 0.5) is 9.59 Å². The number of ketones is 1. The minimum atomic E-state index is -0.883. The van der Waals surface area contributed by atoms with E-state index < -0.39 is 18.3 Å². The number of halogens is 1. The van der Waals surface area contributed by atoms with Crippen molar-refractivity contribution < 1.29 is 28.6 Å². The highest BCUT2D eigenvalue weighted by Gasteiger charge is 2.19. The second-order valence-corrected chi connectivity index (χ2v) is 4.79. The van der Waals surface area contributed by atoms with Crippen molar-refractivity contribution in [3.05, 3.63) is 28.8 Å². The van der Waals surface area contributed by atoms with Crippen LogP contribution in [0.15, 0.2) is 18.2 Å². The molecule has 1 amide bonds. The number of nitrogens with one attached hydrogen (secondary N) is 1. The Morgan fingerprint density at radius 1 is 1.17 bits per heavy atom. The summed E-state index contributed by atoms with van der Waals surface area (Å²) in [6.07, 6.45) is -1.56. The number of benzene rings is 1. The van der Waals surface area contributed by atoms with Crippen LogP contribution in [0.2, 0.25) is 5.02 Å². The lowest BCUT2D eigenvalue weighted by Crippen LogP contribution is -2.38. The molecule has 7 nitrogen and oxygen atoms in total. The summed E-state index contributed by atoms with van der Waals surface area (Å²) in [6, 6.07) is 3.37. The van der Waals surface area contributed by atoms with E-state index in [-0.39, 0.29) is 35.3 Å². The third-order valence-corrected chi connectivity index (χ3v) is 2.97. The molecule has 1 N–H and O–H groups in total. The van der Waals surface area contributed by atoms with E-state index in [2.05, 4.69) is 10.1 Å². The van der Waals surface area contributed by atoms with Gasteiger partial charge in [0.2, 0.25) is 0 Å². The summed E-state index contributed by atoms with van der Waals surface area (Å²) in [4.78, 5) is 34.8. The first-order valence-electron chi connectivity index (χ1n) is 7.00. The van der Waals surface area contributed by atoms with E-state index in [0.717, 1.165) is 0 Å². The lowest BCUT2D eigenvalue weighted by atomic mass is 10.1. The summed E-state index contributed by atoms with van der Waals surface area (Å²) in [5, 5.41) is 2.48. The van der Waals surface area contributed by atoms with Gasteiger partial charge in [-0.05, 0) is 39.0 Å². The molecule has 1 atom stereocenters. The predicted molar refractivity (Wildman–Crippen MR) is 83.1 cm³/mol. The van der Waals surface area contributed by atoms with Crippen LogP contribution in [-0.4, -0.2) is 37.3 Å². The Hall–Kier alpha value is -2.28. The van der Waals surface area contributed by atoms with Crippen LogP contribution >= 0.6 is 11.6 Å². The molecule has 0 aliphatic rings. The molecule has 1 rings (SSSR count). The van der Waals surface area contributed by atoms with Gasteiger partial charge in [-0.25, -0.2) is 9.59 Å². The van der Waals surface area contributed by atoms with Crippen LogP contribution in [0, 0.1) is 0 Å². The van der Waals surface area contributed by atoms with Gasteiger partial charge in [-0.2, -0.15) is 0 Å². The van der Waals surface area contributed by atoms with E-state index in [1.165, 1.54) is 25.1 Å². The Kier molecular flexibility index (Phi) is 7.34. The zero-order valence-corrected chi connectivity index (χ0v) is 13.8. The summed E-state index contributed by atoms with van der Waals surface area (Å²) < 4.78 is 14.2. The molecule has 0 fully saturated rings. The van der Waals surface area contributed by atoms with Gasteiger partial charge in [0.1, 0.15) is 0 Å². The average Bonchev–Trinajstić information content (AvgIpc) is 2.49. The molecule has 0 saturated heterocycles. The Morgan fingerprint density at radius 2 is 1.83 bits per heavy atom. The molecule has 23 heavy (non-hydrogen) atoms. The molecule has 8 heteroatoms. The Labute approximate surface area is 138 Å². The molecule has 0 saturated carbocycles. The lowest BCUT2D eigenvalue weighted by Gasteiger charge is -2.13. The van der Waals surface area contributed by atoms with Crippen molar-refractivity contribution >= 4 is 29.6 Å². The summed E-state index contributed by atoms with van der Waals surface area (Å²) in [6.45, 7) is 5.20. The van der Waals surface area contributed by atoms with Gasteiger partial charge in [0.15, 0.2) is 11.5 Å². The summed E-state index contributed by atoms with van der Waals surface area (Å²) in [5.41, 5.74) is 0.260. The van der Waals surface area contributed by atoms with Crippen molar-refractivity contribution in [1.82, 2.24) is 5.32 Å². The van der Waals surface area contributed by atoms with E-state index in [9.17, 15) is 14.4 Å². The summed E-state index contributed by atoms with van der Waals surface area (Å²) in [7, 11) is 0. The van der Waals surface area contributed by atoms with Crippen molar-refractivity contribution in [3.63, 3.8) is 0 Å². The first-order valence-corrected chi connectivity index (χ1v) is 7.38. The van der Waals surface area contributed by atoms with E-state index in [1.54, 1.807) is 13.8 Å². The second-order valence-electron chi connectivity index (χ2n) is 4.38. The minimum absolute atomic E-state index is 0.0761. The Balaban J connectivity index is 2.77. The van der Waals surface area contributed by atoms with Gasteiger partial charge in [0.05, 0.1) is 24.3 Å². The molecule has 0 aromatic heterocycles. The monoisotopic (exact) mass is 343 g/mol. The first-order chi connectivity index (χ1) is 10.9. The molecule has 1 unspecified atom stereocenters. The molecule has 0 aliphatic heterocycles. The molecule has 126 valence electrons. The minimum Gasteiger partial charge on any atom is -0.450 e. The maximum absolute atomic E-state index is 12.2. The second kappa shape index (κ2) is 8.99. The third kappa shape index (κ3) is 5.78. The highest BCUT2D eigenvalue weighted by Crippen LogP contribution is 2.26. The van der Waals surface area contributed by atoms with Gasteiger partial charge < -0.3 is 19.5 Å². The standard InChI is InChI=1S/C15H18ClNO6/c1-4-21-14(19)17-9(3)13(18)10-6-7-12(11(16)8-10)23-15(20)22-5-2/h6-9H,4-5H2,1-3H3,(H,17,19). The van der Waals surface area contributed by atoms with Crippen LogP contribution < -0.4 is 10.1 Å². The number of carbonyl (C=O) groups excluding carboxylic acids is 3. The number of hydrogen-bond donors (Lipinski definition) is 1. The summed E-state index contributed by atoms with van der Waals surface area (Å²) >= 11 is 5.98. The van der Waals surface area contributed by atoms with Crippen molar-refractivity contribution in [2.45, 2.75) is 26.8 Å². The largest absolute Gasteiger partial charge is 0.513 e. The average molecular weight is 344 g/mol. The molecule has 0 spiro atoms. The van der Waals surface area contributed by atoms with Gasteiger partial charge in [-0.1, -0.05) is 11.6 Å². The molecular formula is C15H18ClNO6. The zero-order valence-electron chi connectivity index (χ0n) is 13.1. The first kappa shape index (κ1) is 18.8. The van der Waals surface area contributed by atoms with Gasteiger partial charge >= 0.3 is 12.2 Å². The Bertz CT molecular complexity index is 589.